The van der Waals surface area contributed by atoms with Gasteiger partial charge in [-0.25, -0.2) is 14.4 Å². The zero-order valence-electron chi connectivity index (χ0n) is 64.5. The number of aromatic carboxylic acids is 3. The number of carbonyl (C=O) groups is 3. The van der Waals surface area contributed by atoms with Crippen LogP contribution in [0.25, 0.3) is 89.3 Å². The molecule has 21 heteroatoms. The number of carboxylic acid groups (broad SMARTS) is 3. The van der Waals surface area contributed by atoms with Crippen molar-refractivity contribution in [2.75, 3.05) is 14.2 Å². The van der Waals surface area contributed by atoms with Gasteiger partial charge in [-0.3, -0.25) is 0 Å². The summed E-state index contributed by atoms with van der Waals surface area (Å²) >= 11 is 0. The van der Waals surface area contributed by atoms with Crippen LogP contribution in [-0.2, 0) is 48.7 Å². The van der Waals surface area contributed by atoms with Gasteiger partial charge >= 0.3 is 17.9 Å². The molecule has 9 aromatic carbocycles. The van der Waals surface area contributed by atoms with E-state index in [4.69, 9.17) is 54.3 Å². The van der Waals surface area contributed by atoms with E-state index in [9.17, 15) is 45.5 Å². The number of nitrogens with zero attached hydrogens (tertiary/aromatic N) is 3. The third-order valence-corrected chi connectivity index (χ3v) is 26.6. The molecule has 1 aliphatic heterocycles. The zero-order chi connectivity index (χ0) is 78.8. The van der Waals surface area contributed by atoms with Crippen molar-refractivity contribution >= 4 is 107 Å². The maximum absolute atomic E-state index is 14.1. The van der Waals surface area contributed by atoms with Crippen LogP contribution < -0.4 is 18.9 Å². The Morgan fingerprint density at radius 1 is 0.321 bits per heavy atom. The Kier molecular flexibility index (Phi) is 13.1. The molecule has 562 valence electrons. The highest BCUT2D eigenvalue weighted by Crippen LogP contribution is 2.69. The van der Waals surface area contributed by atoms with Crippen LogP contribution in [-0.4, -0.2) is 47.4 Å². The minimum absolute atomic E-state index is 0.000771. The Morgan fingerprint density at radius 3 is 0.786 bits per heavy atom. The smallest absolute Gasteiger partial charge is 0.343 e. The summed E-state index contributed by atoms with van der Waals surface area (Å²) in [5, 5.41) is 66.2. The van der Waals surface area contributed by atoms with E-state index < -0.39 is 61.4 Å². The second-order valence-corrected chi connectivity index (χ2v) is 36.1. The molecule has 21 nitrogen and oxygen atoms in total. The van der Waals surface area contributed by atoms with Crippen molar-refractivity contribution < 1.29 is 84.0 Å². The number of nitriles is 3. The van der Waals surface area contributed by atoms with Gasteiger partial charge < -0.3 is 69.6 Å². The maximum atomic E-state index is 14.1. The fourth-order valence-corrected chi connectivity index (χ4v) is 22.4. The standard InChI is InChI=1S/C91H75N3O18/c1-38-39(2)68(81(97)98)77-76(67(38)80(95)96)109-61-22-48-54(28-66(61)110-77)91(37-88(48,13)14)36-87(11,12)47-21-60-64(26-52(47)91)108-75-42(31-94)74-79(69(82(99)100)78(75)111-60)112-65-27-53-46(20-59(65)107-74)86(9,10)35-90(53)34-85(7,8)45-19-58-63(25-51(45)90)106-73-41(30-93)70-72(40(29-92)71(73)104-58)105-62-24-50-44(18-57(62)103-70)84(5,6)33-89(50)32-83(3,4)43-17-55(101-15)56(102-16)23-49(43)89/h17-28H,32-37H2,1-16H3,(H,95,96)(H,97,98)(H,99,100). The quantitative estimate of drug-likeness (QED) is 0.135. The zero-order valence-corrected chi connectivity index (χ0v) is 64.5. The van der Waals surface area contributed by atoms with Gasteiger partial charge in [-0.1, -0.05) is 83.1 Å². The summed E-state index contributed by atoms with van der Waals surface area (Å²) in [6, 6.07) is 30.5. The molecular weight excluding hydrogens is 1420 g/mol. The molecule has 3 N–H and O–H groups in total. The molecule has 0 radical (unpaired) electrons. The van der Waals surface area contributed by atoms with E-state index in [1.54, 1.807) is 28.1 Å². The number of benzene rings is 9. The van der Waals surface area contributed by atoms with Gasteiger partial charge in [0.15, 0.2) is 129 Å². The fourth-order valence-electron chi connectivity index (χ4n) is 22.4. The van der Waals surface area contributed by atoms with Crippen molar-refractivity contribution in [3.63, 3.8) is 0 Å². The minimum Gasteiger partial charge on any atom is -0.493 e. The van der Waals surface area contributed by atoms with Crippen molar-refractivity contribution in [1.29, 1.82) is 15.8 Å². The Hall–Kier alpha value is -12.5. The van der Waals surface area contributed by atoms with Gasteiger partial charge in [0.05, 0.1) is 14.2 Å². The first kappa shape index (κ1) is 68.7. The normalized spacial score (nSPS) is 21.3. The molecule has 0 saturated heterocycles. The number of hydrogen-bond acceptors (Lipinski definition) is 18. The molecule has 20 rings (SSSR count). The number of carboxylic acids is 3. The van der Waals surface area contributed by atoms with Crippen LogP contribution in [0.3, 0.4) is 0 Å². The van der Waals surface area contributed by atoms with Crippen LogP contribution in [0, 0.1) is 47.8 Å². The van der Waals surface area contributed by atoms with E-state index in [0.717, 1.165) is 74.0 Å². The van der Waals surface area contributed by atoms with Crippen LogP contribution in [0.4, 0.5) is 0 Å². The van der Waals surface area contributed by atoms with E-state index >= 15 is 0 Å². The van der Waals surface area contributed by atoms with Crippen LogP contribution in [0.2, 0.25) is 0 Å². The molecular formula is C91H75N3O18. The lowest BCUT2D eigenvalue weighted by molar-refractivity contribution is 0.0672. The predicted octanol–water partition coefficient (Wildman–Crippen LogP) is 22.1. The molecule has 6 aliphatic carbocycles. The van der Waals surface area contributed by atoms with Crippen molar-refractivity contribution in [3.05, 3.63) is 184 Å². The molecule has 3 atom stereocenters. The summed E-state index contributed by atoms with van der Waals surface area (Å²) in [6.07, 6.45) is 3.94. The van der Waals surface area contributed by atoms with Crippen LogP contribution >= 0.6 is 0 Å². The maximum Gasteiger partial charge on any atom is 0.343 e. The lowest BCUT2D eigenvalue weighted by Crippen LogP contribution is -2.27. The highest BCUT2D eigenvalue weighted by molar-refractivity contribution is 6.14. The average Bonchev–Trinajstić information content (AvgIpc) is 1.51. The van der Waals surface area contributed by atoms with E-state index in [0.29, 0.717) is 59.5 Å². The van der Waals surface area contributed by atoms with Crippen LogP contribution in [0.15, 0.2) is 108 Å². The molecule has 0 saturated carbocycles. The Morgan fingerprint density at radius 2 is 0.527 bits per heavy atom. The van der Waals surface area contributed by atoms with Crippen LogP contribution in [0.5, 0.6) is 34.5 Å². The molecule has 13 aromatic rings. The van der Waals surface area contributed by atoms with E-state index in [1.807, 2.05) is 60.7 Å². The summed E-state index contributed by atoms with van der Waals surface area (Å²) < 4.78 is 79.4. The number of hydrogen-bond donors (Lipinski definition) is 3. The molecule has 4 aromatic heterocycles. The monoisotopic (exact) mass is 1500 g/mol. The van der Waals surface area contributed by atoms with Crippen molar-refractivity contribution in [2.45, 2.75) is 184 Å². The lowest BCUT2D eigenvalue weighted by atomic mass is 9.72. The first-order valence-electron chi connectivity index (χ1n) is 37.4. The van der Waals surface area contributed by atoms with Crippen molar-refractivity contribution in [3.8, 4) is 52.7 Å². The van der Waals surface area contributed by atoms with Gasteiger partial charge in [0, 0.05) is 16.2 Å². The number of ether oxygens (including phenoxy) is 4. The molecule has 112 heavy (non-hydrogen) atoms. The summed E-state index contributed by atoms with van der Waals surface area (Å²) in [5.74, 6) is -2.66. The number of methoxy groups -OCH3 is 2. The molecule has 3 unspecified atom stereocenters. The number of rotatable bonds is 5. The van der Waals surface area contributed by atoms with Crippen LogP contribution in [0.1, 0.15) is 247 Å². The summed E-state index contributed by atoms with van der Waals surface area (Å²) in [6.45, 7) is 29.2. The first-order valence-corrected chi connectivity index (χ1v) is 37.4. The third-order valence-electron chi connectivity index (χ3n) is 26.6. The molecule has 0 fully saturated rings. The molecule has 0 bridgehead atoms. The van der Waals surface area contributed by atoms with E-state index in [2.05, 4.69) is 113 Å². The molecule has 3 spiro atoms. The van der Waals surface area contributed by atoms with Crippen molar-refractivity contribution in [2.24, 2.45) is 0 Å². The Labute approximate surface area is 639 Å². The highest BCUT2D eigenvalue weighted by atomic mass is 16.6. The van der Waals surface area contributed by atoms with Gasteiger partial charge in [0.1, 0.15) is 46.0 Å². The predicted molar refractivity (Wildman–Crippen MR) is 412 cm³/mol. The van der Waals surface area contributed by atoms with Gasteiger partial charge in [-0.2, -0.15) is 15.8 Å². The Bertz CT molecular complexity index is 7000. The summed E-state index contributed by atoms with van der Waals surface area (Å²) in [7, 11) is 3.30. The molecule has 5 heterocycles. The third kappa shape index (κ3) is 8.56. The van der Waals surface area contributed by atoms with Gasteiger partial charge in [0.25, 0.3) is 0 Å². The molecule has 0 amide bonds. The van der Waals surface area contributed by atoms with Gasteiger partial charge in [-0.05, 0) is 236 Å². The fraction of sp³-hybridized carbons (Fsp3) is 0.341. The van der Waals surface area contributed by atoms with Crippen molar-refractivity contribution in [1.82, 2.24) is 0 Å². The second kappa shape index (κ2) is 21.3. The molecule has 7 aliphatic rings. The number of fused-ring (bicyclic) bond motifs is 22. The minimum atomic E-state index is -1.44. The topological polar surface area (TPSA) is 325 Å². The lowest BCUT2D eigenvalue weighted by Gasteiger charge is -2.31. The van der Waals surface area contributed by atoms with E-state index in [1.165, 1.54) is 5.56 Å². The second-order valence-electron chi connectivity index (χ2n) is 36.1. The summed E-state index contributed by atoms with van der Waals surface area (Å²) in [4.78, 5) is 39.7. The largest absolute Gasteiger partial charge is 0.493 e. The SMILES string of the molecule is COc1cc2c(cc1OC)C1(CC2(C)C)CC(C)(C)c2cc3oc4c(C#N)c5oc6cc7c(cc6oc5c(C#N)c4oc3cc21)C(C)(C)CC71CC(C)(C)c2cc3oc4c(C#N)c5oc6cc7c(cc6oc5c(C(=O)O)c4oc3cc21)C(C)(C)CC71CC(C)(C)c2cc3c(cc21)Oc1c(c(C(=O)O)c(C)c(C)c1C(=O)O)O3. The van der Waals surface area contributed by atoms with E-state index in [-0.39, 0.29) is 140 Å². The summed E-state index contributed by atoms with van der Waals surface area (Å²) in [5.41, 5.74) is 8.15. The van der Waals surface area contributed by atoms with Gasteiger partial charge in [0.2, 0.25) is 0 Å². The average molecular weight is 1500 g/mol. The highest BCUT2D eigenvalue weighted by Gasteiger charge is 2.61. The first-order chi connectivity index (χ1) is 52.9. The Balaban J connectivity index is 0.713. The van der Waals surface area contributed by atoms with Gasteiger partial charge in [-0.15, -0.1) is 0 Å².